The van der Waals surface area contributed by atoms with Gasteiger partial charge in [-0.1, -0.05) is 18.2 Å². The number of aromatic nitrogens is 2. The predicted octanol–water partition coefficient (Wildman–Crippen LogP) is 3.85. The van der Waals surface area contributed by atoms with Crippen LogP contribution < -0.4 is 4.90 Å². The number of benzene rings is 1. The SMILES string of the molecule is C[C@H](c1cccc(-c2ccc(N3CCSCC3)nn2)c1)N1CCCC1. The zero-order valence-electron chi connectivity index (χ0n) is 14.9. The van der Waals surface area contributed by atoms with Crippen molar-refractivity contribution in [3.8, 4) is 11.3 Å². The molecule has 0 aliphatic carbocycles. The van der Waals surface area contributed by atoms with E-state index in [1.165, 1.54) is 43.0 Å². The van der Waals surface area contributed by atoms with E-state index in [1.54, 1.807) is 0 Å². The Labute approximate surface area is 154 Å². The van der Waals surface area contributed by atoms with Crippen molar-refractivity contribution in [2.45, 2.75) is 25.8 Å². The first kappa shape index (κ1) is 16.9. The molecule has 132 valence electrons. The topological polar surface area (TPSA) is 32.3 Å². The molecule has 1 aromatic heterocycles. The van der Waals surface area contributed by atoms with Gasteiger partial charge in [-0.05, 0) is 56.6 Å². The molecular formula is C20H26N4S. The highest BCUT2D eigenvalue weighted by Gasteiger charge is 2.20. The van der Waals surface area contributed by atoms with Crippen LogP contribution >= 0.6 is 11.8 Å². The molecule has 0 N–H and O–H groups in total. The highest BCUT2D eigenvalue weighted by Crippen LogP contribution is 2.28. The van der Waals surface area contributed by atoms with Gasteiger partial charge in [0.25, 0.3) is 0 Å². The summed E-state index contributed by atoms with van der Waals surface area (Å²) < 4.78 is 0. The molecular weight excluding hydrogens is 328 g/mol. The molecule has 2 fully saturated rings. The summed E-state index contributed by atoms with van der Waals surface area (Å²) in [6.07, 6.45) is 2.65. The van der Waals surface area contributed by atoms with Gasteiger partial charge in [0.05, 0.1) is 5.69 Å². The highest BCUT2D eigenvalue weighted by atomic mass is 32.2. The quantitative estimate of drug-likeness (QED) is 0.833. The maximum atomic E-state index is 4.51. The maximum Gasteiger partial charge on any atom is 0.151 e. The van der Waals surface area contributed by atoms with E-state index in [1.807, 2.05) is 11.8 Å². The molecule has 5 heteroatoms. The van der Waals surface area contributed by atoms with Crippen LogP contribution in [0.25, 0.3) is 11.3 Å². The lowest BCUT2D eigenvalue weighted by molar-refractivity contribution is 0.263. The van der Waals surface area contributed by atoms with Crippen LogP contribution in [0.3, 0.4) is 0 Å². The smallest absolute Gasteiger partial charge is 0.151 e. The predicted molar refractivity (Wildman–Crippen MR) is 106 cm³/mol. The molecule has 2 aliphatic rings. The number of anilines is 1. The van der Waals surface area contributed by atoms with Crippen molar-refractivity contribution in [1.29, 1.82) is 0 Å². The summed E-state index contributed by atoms with van der Waals surface area (Å²) in [5.74, 6) is 3.37. The number of rotatable bonds is 4. The lowest BCUT2D eigenvalue weighted by Crippen LogP contribution is -2.33. The van der Waals surface area contributed by atoms with Crippen molar-refractivity contribution in [1.82, 2.24) is 15.1 Å². The number of likely N-dealkylation sites (tertiary alicyclic amines) is 1. The van der Waals surface area contributed by atoms with Gasteiger partial charge in [0.1, 0.15) is 0 Å². The van der Waals surface area contributed by atoms with Gasteiger partial charge in [0.15, 0.2) is 5.82 Å². The van der Waals surface area contributed by atoms with Crippen LogP contribution in [0.1, 0.15) is 31.4 Å². The Hall–Kier alpha value is -1.59. The number of thioether (sulfide) groups is 1. The number of hydrogen-bond acceptors (Lipinski definition) is 5. The fourth-order valence-electron chi connectivity index (χ4n) is 3.74. The minimum Gasteiger partial charge on any atom is -0.353 e. The van der Waals surface area contributed by atoms with Crippen LogP contribution in [0.4, 0.5) is 5.82 Å². The largest absolute Gasteiger partial charge is 0.353 e. The van der Waals surface area contributed by atoms with Gasteiger partial charge in [0, 0.05) is 36.2 Å². The summed E-state index contributed by atoms with van der Waals surface area (Å²) >= 11 is 2.01. The molecule has 0 radical (unpaired) electrons. The van der Waals surface area contributed by atoms with E-state index in [9.17, 15) is 0 Å². The van der Waals surface area contributed by atoms with Gasteiger partial charge in [-0.15, -0.1) is 10.2 Å². The van der Waals surface area contributed by atoms with E-state index >= 15 is 0 Å². The van der Waals surface area contributed by atoms with E-state index in [4.69, 9.17) is 0 Å². The molecule has 2 aromatic rings. The van der Waals surface area contributed by atoms with Crippen LogP contribution in [0.5, 0.6) is 0 Å². The number of nitrogens with zero attached hydrogens (tertiary/aromatic N) is 4. The van der Waals surface area contributed by atoms with Gasteiger partial charge < -0.3 is 4.90 Å². The molecule has 4 rings (SSSR count). The lowest BCUT2D eigenvalue weighted by Gasteiger charge is -2.27. The molecule has 0 bridgehead atoms. The Balaban J connectivity index is 1.52. The average molecular weight is 355 g/mol. The summed E-state index contributed by atoms with van der Waals surface area (Å²) in [5, 5.41) is 9.00. The van der Waals surface area contributed by atoms with Crippen LogP contribution in [-0.4, -0.2) is 52.8 Å². The van der Waals surface area contributed by atoms with E-state index in [0.717, 1.165) is 30.2 Å². The Morgan fingerprint density at radius 2 is 1.76 bits per heavy atom. The number of hydrogen-bond donors (Lipinski definition) is 0. The molecule has 2 saturated heterocycles. The Bertz CT molecular complexity index is 691. The maximum absolute atomic E-state index is 4.51. The van der Waals surface area contributed by atoms with Crippen LogP contribution in [0.2, 0.25) is 0 Å². The highest BCUT2D eigenvalue weighted by molar-refractivity contribution is 7.99. The molecule has 0 saturated carbocycles. The fourth-order valence-corrected chi connectivity index (χ4v) is 4.64. The van der Waals surface area contributed by atoms with Crippen LogP contribution in [0, 0.1) is 0 Å². The monoisotopic (exact) mass is 354 g/mol. The second-order valence-corrected chi connectivity index (χ2v) is 8.15. The second-order valence-electron chi connectivity index (χ2n) is 6.92. The second kappa shape index (κ2) is 7.75. The Morgan fingerprint density at radius 1 is 0.960 bits per heavy atom. The van der Waals surface area contributed by atoms with Crippen molar-refractivity contribution < 1.29 is 0 Å². The first-order chi connectivity index (χ1) is 12.3. The van der Waals surface area contributed by atoms with E-state index in [2.05, 4.69) is 63.3 Å². The molecule has 0 spiro atoms. The molecule has 3 heterocycles. The molecule has 4 nitrogen and oxygen atoms in total. The third-order valence-electron chi connectivity index (χ3n) is 5.34. The van der Waals surface area contributed by atoms with E-state index < -0.39 is 0 Å². The molecule has 0 amide bonds. The van der Waals surface area contributed by atoms with Gasteiger partial charge in [-0.3, -0.25) is 4.90 Å². The van der Waals surface area contributed by atoms with Crippen molar-refractivity contribution in [2.24, 2.45) is 0 Å². The Morgan fingerprint density at radius 3 is 2.48 bits per heavy atom. The summed E-state index contributed by atoms with van der Waals surface area (Å²) in [7, 11) is 0. The third-order valence-corrected chi connectivity index (χ3v) is 6.28. The normalized spacial score (nSPS) is 20.0. The zero-order valence-corrected chi connectivity index (χ0v) is 15.7. The third kappa shape index (κ3) is 3.82. The van der Waals surface area contributed by atoms with Gasteiger partial charge in [-0.2, -0.15) is 11.8 Å². The lowest BCUT2D eigenvalue weighted by atomic mass is 10.0. The van der Waals surface area contributed by atoms with Crippen molar-refractivity contribution in [3.05, 3.63) is 42.0 Å². The molecule has 1 aromatic carbocycles. The summed E-state index contributed by atoms with van der Waals surface area (Å²) in [6, 6.07) is 13.5. The van der Waals surface area contributed by atoms with Gasteiger partial charge >= 0.3 is 0 Å². The summed E-state index contributed by atoms with van der Waals surface area (Å²) in [5.41, 5.74) is 3.50. The molecule has 1 atom stereocenters. The minimum absolute atomic E-state index is 0.473. The average Bonchev–Trinajstić information content (AvgIpc) is 3.23. The van der Waals surface area contributed by atoms with Crippen molar-refractivity contribution in [2.75, 3.05) is 42.6 Å². The van der Waals surface area contributed by atoms with Crippen LogP contribution in [0.15, 0.2) is 36.4 Å². The van der Waals surface area contributed by atoms with E-state index in [0.29, 0.717) is 6.04 Å². The minimum atomic E-state index is 0.473. The molecule has 2 aliphatic heterocycles. The molecule has 0 unspecified atom stereocenters. The van der Waals surface area contributed by atoms with Crippen LogP contribution in [-0.2, 0) is 0 Å². The zero-order chi connectivity index (χ0) is 17.1. The molecule has 25 heavy (non-hydrogen) atoms. The summed E-state index contributed by atoms with van der Waals surface area (Å²) in [6.45, 7) is 6.89. The standard InChI is InChI=1S/C20H26N4S/c1-16(23-9-2-3-10-23)17-5-4-6-18(15-17)19-7-8-20(22-21-19)24-11-13-25-14-12-24/h4-8,15-16H,2-3,9-14H2,1H3/t16-/m1/s1. The van der Waals surface area contributed by atoms with E-state index in [-0.39, 0.29) is 0 Å². The van der Waals surface area contributed by atoms with Gasteiger partial charge in [0.2, 0.25) is 0 Å². The van der Waals surface area contributed by atoms with Gasteiger partial charge in [-0.25, -0.2) is 0 Å². The fraction of sp³-hybridized carbons (Fsp3) is 0.500. The first-order valence-electron chi connectivity index (χ1n) is 9.32. The summed E-state index contributed by atoms with van der Waals surface area (Å²) in [4.78, 5) is 4.90. The van der Waals surface area contributed by atoms with Crippen molar-refractivity contribution in [3.63, 3.8) is 0 Å². The first-order valence-corrected chi connectivity index (χ1v) is 10.5. The Kier molecular flexibility index (Phi) is 5.22. The van der Waals surface area contributed by atoms with Crippen molar-refractivity contribution >= 4 is 17.6 Å².